The van der Waals surface area contributed by atoms with Crippen LogP contribution in [0.25, 0.3) is 0 Å². The van der Waals surface area contributed by atoms with Crippen LogP contribution in [-0.4, -0.2) is 45.5 Å². The lowest BCUT2D eigenvalue weighted by atomic mass is 10.0. The van der Waals surface area contributed by atoms with Gasteiger partial charge in [-0.3, -0.25) is 9.58 Å². The molecule has 1 saturated heterocycles. The van der Waals surface area contributed by atoms with E-state index in [1.54, 1.807) is 18.2 Å². The van der Waals surface area contributed by atoms with Gasteiger partial charge in [-0.15, -0.1) is 0 Å². The number of carboxylic acid groups (broad SMARTS) is 1. The van der Waals surface area contributed by atoms with Crippen molar-refractivity contribution in [1.29, 1.82) is 0 Å². The first kappa shape index (κ1) is 16.7. The van der Waals surface area contributed by atoms with Crippen LogP contribution in [0.15, 0.2) is 24.3 Å². The molecule has 0 radical (unpaired) electrons. The molecule has 0 bridgehead atoms. The first-order valence-corrected chi connectivity index (χ1v) is 8.11. The van der Waals surface area contributed by atoms with Crippen LogP contribution in [-0.2, 0) is 18.3 Å². The number of carbonyl (C=O) groups is 1. The summed E-state index contributed by atoms with van der Waals surface area (Å²) in [6, 6.07) is 7.29. The van der Waals surface area contributed by atoms with Gasteiger partial charge in [-0.05, 0) is 31.5 Å². The second kappa shape index (κ2) is 6.75. The Bertz CT molecular complexity index is 754. The Balaban J connectivity index is 1.88. The lowest BCUT2D eigenvalue weighted by Crippen LogP contribution is -2.39. The summed E-state index contributed by atoms with van der Waals surface area (Å²) in [5.74, 6) is -0.894. The van der Waals surface area contributed by atoms with E-state index in [1.165, 1.54) is 5.56 Å². The summed E-state index contributed by atoms with van der Waals surface area (Å²) in [5.41, 5.74) is 4.71. The van der Waals surface area contributed by atoms with Gasteiger partial charge in [-0.1, -0.05) is 12.1 Å². The smallest absolute Gasteiger partial charge is 0.335 e. The van der Waals surface area contributed by atoms with Gasteiger partial charge in [0.05, 0.1) is 30.5 Å². The maximum atomic E-state index is 11.2. The quantitative estimate of drug-likeness (QED) is 0.932. The first-order valence-electron chi connectivity index (χ1n) is 8.11. The lowest BCUT2D eigenvalue weighted by molar-refractivity contribution is -0.0132. The number of aryl methyl sites for hydroxylation is 2. The van der Waals surface area contributed by atoms with Crippen LogP contribution < -0.4 is 0 Å². The third-order valence-electron chi connectivity index (χ3n) is 4.70. The topological polar surface area (TPSA) is 67.6 Å². The molecule has 2 aromatic rings. The Hall–Kier alpha value is -2.18. The minimum atomic E-state index is -0.894. The average molecular weight is 329 g/mol. The van der Waals surface area contributed by atoms with Gasteiger partial charge in [-0.2, -0.15) is 5.10 Å². The summed E-state index contributed by atoms with van der Waals surface area (Å²) in [7, 11) is 1.95. The fourth-order valence-corrected chi connectivity index (χ4v) is 3.40. The van der Waals surface area contributed by atoms with Gasteiger partial charge < -0.3 is 9.84 Å². The van der Waals surface area contributed by atoms with Gasteiger partial charge in [0.25, 0.3) is 0 Å². The van der Waals surface area contributed by atoms with E-state index in [1.807, 2.05) is 24.7 Å². The van der Waals surface area contributed by atoms with E-state index in [0.717, 1.165) is 23.5 Å². The first-order chi connectivity index (χ1) is 11.5. The van der Waals surface area contributed by atoms with E-state index >= 15 is 0 Å². The molecule has 1 unspecified atom stereocenters. The van der Waals surface area contributed by atoms with E-state index in [-0.39, 0.29) is 6.04 Å². The largest absolute Gasteiger partial charge is 0.478 e. The van der Waals surface area contributed by atoms with Crippen molar-refractivity contribution in [1.82, 2.24) is 14.7 Å². The number of hydrogen-bond acceptors (Lipinski definition) is 4. The number of benzene rings is 1. The van der Waals surface area contributed by atoms with Crippen molar-refractivity contribution in [3.05, 3.63) is 52.3 Å². The number of ether oxygens (including phenoxy) is 1. The molecule has 6 nitrogen and oxygen atoms in total. The lowest BCUT2D eigenvalue weighted by Gasteiger charge is -2.36. The second-order valence-electron chi connectivity index (χ2n) is 6.27. The molecule has 1 atom stereocenters. The van der Waals surface area contributed by atoms with Crippen LogP contribution in [0.2, 0.25) is 0 Å². The fourth-order valence-electron chi connectivity index (χ4n) is 3.40. The van der Waals surface area contributed by atoms with E-state index in [9.17, 15) is 9.90 Å². The molecule has 1 aliphatic heterocycles. The Morgan fingerprint density at radius 3 is 2.88 bits per heavy atom. The zero-order valence-corrected chi connectivity index (χ0v) is 14.3. The van der Waals surface area contributed by atoms with Crippen molar-refractivity contribution >= 4 is 5.97 Å². The third-order valence-corrected chi connectivity index (χ3v) is 4.70. The molecule has 0 amide bonds. The summed E-state index contributed by atoms with van der Waals surface area (Å²) < 4.78 is 7.62. The van der Waals surface area contributed by atoms with Gasteiger partial charge in [0.1, 0.15) is 0 Å². The monoisotopic (exact) mass is 329 g/mol. The molecular weight excluding hydrogens is 306 g/mol. The molecule has 6 heteroatoms. The number of nitrogens with zero attached hydrogens (tertiary/aromatic N) is 3. The molecule has 0 saturated carbocycles. The number of aromatic nitrogens is 2. The molecule has 1 fully saturated rings. The standard InChI is InChI=1S/C18H23N3O3/c1-12-17(13(2)20(3)19-12)16-11-24-8-7-21(16)10-14-5-4-6-15(9-14)18(22)23/h4-6,9,16H,7-8,10-11H2,1-3H3,(H,22,23). The van der Waals surface area contributed by atoms with E-state index in [4.69, 9.17) is 4.74 Å². The van der Waals surface area contributed by atoms with Gasteiger partial charge in [0.15, 0.2) is 0 Å². The highest BCUT2D eigenvalue weighted by molar-refractivity contribution is 5.87. The molecule has 0 aliphatic carbocycles. The zero-order valence-electron chi connectivity index (χ0n) is 14.3. The van der Waals surface area contributed by atoms with Crippen LogP contribution in [0.3, 0.4) is 0 Å². The van der Waals surface area contributed by atoms with Crippen molar-refractivity contribution in [3.8, 4) is 0 Å². The molecule has 2 heterocycles. The van der Waals surface area contributed by atoms with E-state index < -0.39 is 5.97 Å². The number of rotatable bonds is 4. The van der Waals surface area contributed by atoms with Gasteiger partial charge in [0.2, 0.25) is 0 Å². The predicted octanol–water partition coefficient (Wildman–Crippen LogP) is 2.31. The molecule has 1 N–H and O–H groups in total. The zero-order chi connectivity index (χ0) is 17.3. The van der Waals surface area contributed by atoms with Crippen molar-refractivity contribution in [2.75, 3.05) is 19.8 Å². The summed E-state index contributed by atoms with van der Waals surface area (Å²) in [6.45, 7) is 6.94. The van der Waals surface area contributed by atoms with Gasteiger partial charge in [-0.25, -0.2) is 4.79 Å². The Morgan fingerprint density at radius 1 is 1.42 bits per heavy atom. The molecular formula is C18H23N3O3. The highest BCUT2D eigenvalue weighted by Gasteiger charge is 2.29. The van der Waals surface area contributed by atoms with E-state index in [2.05, 4.69) is 16.9 Å². The SMILES string of the molecule is Cc1nn(C)c(C)c1C1COCCN1Cc1cccc(C(=O)O)c1. The summed E-state index contributed by atoms with van der Waals surface area (Å²) >= 11 is 0. The normalized spacial score (nSPS) is 18.7. The van der Waals surface area contributed by atoms with Crippen LogP contribution in [0.5, 0.6) is 0 Å². The molecule has 128 valence electrons. The highest BCUT2D eigenvalue weighted by Crippen LogP contribution is 2.30. The van der Waals surface area contributed by atoms with Gasteiger partial charge >= 0.3 is 5.97 Å². The third kappa shape index (κ3) is 3.20. The van der Waals surface area contributed by atoms with E-state index in [0.29, 0.717) is 25.3 Å². The minimum Gasteiger partial charge on any atom is -0.478 e. The summed E-state index contributed by atoms with van der Waals surface area (Å²) in [5, 5.41) is 13.7. The molecule has 1 aliphatic rings. The number of morpholine rings is 1. The highest BCUT2D eigenvalue weighted by atomic mass is 16.5. The second-order valence-corrected chi connectivity index (χ2v) is 6.27. The maximum absolute atomic E-state index is 11.2. The van der Waals surface area contributed by atoms with Crippen molar-refractivity contribution in [2.45, 2.75) is 26.4 Å². The molecule has 1 aromatic heterocycles. The molecule has 0 spiro atoms. The van der Waals surface area contributed by atoms with Crippen LogP contribution in [0, 0.1) is 13.8 Å². The summed E-state index contributed by atoms with van der Waals surface area (Å²) in [6.07, 6.45) is 0. The Kier molecular flexibility index (Phi) is 4.69. The number of hydrogen-bond donors (Lipinski definition) is 1. The molecule has 3 rings (SSSR count). The Labute approximate surface area is 141 Å². The Morgan fingerprint density at radius 2 is 2.21 bits per heavy atom. The van der Waals surface area contributed by atoms with Crippen molar-refractivity contribution < 1.29 is 14.6 Å². The molecule has 24 heavy (non-hydrogen) atoms. The number of aromatic carboxylic acids is 1. The molecule has 1 aromatic carbocycles. The predicted molar refractivity (Wildman–Crippen MR) is 90.1 cm³/mol. The van der Waals surface area contributed by atoms with Crippen LogP contribution in [0.1, 0.15) is 38.9 Å². The van der Waals surface area contributed by atoms with Crippen LogP contribution >= 0.6 is 0 Å². The maximum Gasteiger partial charge on any atom is 0.335 e. The van der Waals surface area contributed by atoms with Gasteiger partial charge in [0, 0.05) is 31.4 Å². The van der Waals surface area contributed by atoms with Crippen LogP contribution in [0.4, 0.5) is 0 Å². The number of carboxylic acids is 1. The van der Waals surface area contributed by atoms with Crippen molar-refractivity contribution in [2.24, 2.45) is 7.05 Å². The van der Waals surface area contributed by atoms with Crippen molar-refractivity contribution in [3.63, 3.8) is 0 Å². The average Bonchev–Trinajstić information content (AvgIpc) is 2.81. The fraction of sp³-hybridized carbons (Fsp3) is 0.444. The summed E-state index contributed by atoms with van der Waals surface area (Å²) in [4.78, 5) is 13.5. The minimum absolute atomic E-state index is 0.140.